The molecule has 0 aliphatic carbocycles. The van der Waals surface area contributed by atoms with Crippen LogP contribution < -0.4 is 5.84 Å². The highest BCUT2D eigenvalue weighted by molar-refractivity contribution is 5.35. The number of hydrazine groups is 1. The zero-order valence-electron chi connectivity index (χ0n) is 5.81. The first kappa shape index (κ1) is 6.23. The van der Waals surface area contributed by atoms with Crippen LogP contribution in [0.25, 0.3) is 6.20 Å². The van der Waals surface area contributed by atoms with Gasteiger partial charge < -0.3 is 10.1 Å². The molecule has 0 saturated carbocycles. The molecule has 2 rings (SSSR count). The summed E-state index contributed by atoms with van der Waals surface area (Å²) in [7, 11) is 0. The summed E-state index contributed by atoms with van der Waals surface area (Å²) in [5.41, 5.74) is 0.718. The van der Waals surface area contributed by atoms with Crippen LogP contribution in [0.15, 0.2) is 12.4 Å². The molecular weight excluding hydrogens is 144 g/mol. The Morgan fingerprint density at radius 1 is 1.55 bits per heavy atom. The molecule has 0 bridgehead atoms. The fourth-order valence-electron chi connectivity index (χ4n) is 1.03. The number of aromatic nitrogens is 2. The minimum Gasteiger partial charge on any atom is -0.504 e. The third kappa shape index (κ3) is 0.857. The Balaban J connectivity index is 2.48. The smallest absolute Gasteiger partial charge is 0.159 e. The topological polar surface area (TPSA) is 67.3 Å². The monoisotopic (exact) mass is 152 g/mol. The van der Waals surface area contributed by atoms with Gasteiger partial charge in [0.25, 0.3) is 0 Å². The molecular formula is C6H8N4O. The highest BCUT2D eigenvalue weighted by atomic mass is 16.3. The van der Waals surface area contributed by atoms with Gasteiger partial charge in [-0.3, -0.25) is 0 Å². The van der Waals surface area contributed by atoms with Crippen molar-refractivity contribution in [3.05, 3.63) is 18.1 Å². The summed E-state index contributed by atoms with van der Waals surface area (Å²) in [6.45, 7) is 0.488. The van der Waals surface area contributed by atoms with Crippen molar-refractivity contribution in [3.8, 4) is 5.75 Å². The van der Waals surface area contributed by atoms with Gasteiger partial charge in [-0.1, -0.05) is 0 Å². The van der Waals surface area contributed by atoms with Crippen molar-refractivity contribution in [2.45, 2.75) is 6.54 Å². The molecule has 2 heterocycles. The van der Waals surface area contributed by atoms with E-state index >= 15 is 0 Å². The summed E-state index contributed by atoms with van der Waals surface area (Å²) in [6.07, 6.45) is 4.79. The molecule has 0 saturated heterocycles. The number of hydrogen-bond donors (Lipinski definition) is 2. The first-order valence-electron chi connectivity index (χ1n) is 3.22. The molecule has 0 amide bonds. The summed E-state index contributed by atoms with van der Waals surface area (Å²) in [5, 5.41) is 14.6. The Morgan fingerprint density at radius 3 is 3.18 bits per heavy atom. The average molecular weight is 152 g/mol. The van der Waals surface area contributed by atoms with Crippen molar-refractivity contribution >= 4 is 6.20 Å². The van der Waals surface area contributed by atoms with Crippen LogP contribution in [0, 0.1) is 0 Å². The van der Waals surface area contributed by atoms with Crippen LogP contribution in [0.3, 0.4) is 0 Å². The standard InChI is InChI=1S/C6H8N4O/c7-9-1-2-10-5(4-9)6(11)3-8-10/h1-3,11H,4,7H2. The fraction of sp³-hybridized carbons (Fsp3) is 0.167. The van der Waals surface area contributed by atoms with E-state index in [2.05, 4.69) is 5.10 Å². The van der Waals surface area contributed by atoms with Gasteiger partial charge in [-0.25, -0.2) is 10.5 Å². The van der Waals surface area contributed by atoms with Gasteiger partial charge in [-0.15, -0.1) is 0 Å². The fourth-order valence-corrected chi connectivity index (χ4v) is 1.03. The second-order valence-corrected chi connectivity index (χ2v) is 2.39. The molecule has 0 radical (unpaired) electrons. The lowest BCUT2D eigenvalue weighted by molar-refractivity contribution is 0.356. The molecule has 0 aromatic carbocycles. The molecule has 1 aliphatic rings. The van der Waals surface area contributed by atoms with E-state index in [1.54, 1.807) is 17.1 Å². The first-order valence-corrected chi connectivity index (χ1v) is 3.22. The molecule has 11 heavy (non-hydrogen) atoms. The summed E-state index contributed by atoms with van der Waals surface area (Å²) >= 11 is 0. The van der Waals surface area contributed by atoms with Crippen molar-refractivity contribution in [1.29, 1.82) is 0 Å². The number of rotatable bonds is 0. The lowest BCUT2D eigenvalue weighted by atomic mass is 10.3. The van der Waals surface area contributed by atoms with E-state index in [1.165, 1.54) is 11.2 Å². The van der Waals surface area contributed by atoms with E-state index in [0.717, 1.165) is 5.69 Å². The predicted molar refractivity (Wildman–Crippen MR) is 39.0 cm³/mol. The Kier molecular flexibility index (Phi) is 1.13. The quantitative estimate of drug-likeness (QED) is 0.501. The number of nitrogens with zero attached hydrogens (tertiary/aromatic N) is 3. The maximum Gasteiger partial charge on any atom is 0.159 e. The van der Waals surface area contributed by atoms with Crippen molar-refractivity contribution in [1.82, 2.24) is 14.8 Å². The van der Waals surface area contributed by atoms with Crippen LogP contribution in [-0.4, -0.2) is 19.9 Å². The lowest BCUT2D eigenvalue weighted by Crippen LogP contribution is -2.28. The van der Waals surface area contributed by atoms with Crippen LogP contribution >= 0.6 is 0 Å². The molecule has 0 atom stereocenters. The van der Waals surface area contributed by atoms with Gasteiger partial charge in [0.1, 0.15) is 5.69 Å². The Morgan fingerprint density at radius 2 is 2.36 bits per heavy atom. The zero-order chi connectivity index (χ0) is 7.84. The van der Waals surface area contributed by atoms with Gasteiger partial charge in [0, 0.05) is 12.4 Å². The molecule has 5 nitrogen and oxygen atoms in total. The van der Waals surface area contributed by atoms with Crippen molar-refractivity contribution in [3.63, 3.8) is 0 Å². The molecule has 1 aliphatic heterocycles. The Hall–Kier alpha value is -1.49. The second-order valence-electron chi connectivity index (χ2n) is 2.39. The van der Waals surface area contributed by atoms with Crippen molar-refractivity contribution in [2.24, 2.45) is 5.84 Å². The van der Waals surface area contributed by atoms with Crippen molar-refractivity contribution in [2.75, 3.05) is 0 Å². The van der Waals surface area contributed by atoms with Crippen LogP contribution in [0.2, 0.25) is 0 Å². The zero-order valence-corrected chi connectivity index (χ0v) is 5.81. The second kappa shape index (κ2) is 2.00. The van der Waals surface area contributed by atoms with E-state index in [0.29, 0.717) is 6.54 Å². The largest absolute Gasteiger partial charge is 0.504 e. The van der Waals surface area contributed by atoms with Crippen LogP contribution in [0.1, 0.15) is 5.69 Å². The predicted octanol–water partition coefficient (Wildman–Crippen LogP) is -0.294. The first-order chi connectivity index (χ1) is 5.27. The van der Waals surface area contributed by atoms with Crippen LogP contribution in [-0.2, 0) is 6.54 Å². The third-order valence-corrected chi connectivity index (χ3v) is 1.61. The van der Waals surface area contributed by atoms with Gasteiger partial charge in [0.15, 0.2) is 5.75 Å². The van der Waals surface area contributed by atoms with E-state index < -0.39 is 0 Å². The molecule has 3 N–H and O–H groups in total. The maximum atomic E-state index is 9.21. The number of fused-ring (bicyclic) bond motifs is 1. The Labute approximate surface area is 63.3 Å². The van der Waals surface area contributed by atoms with E-state index in [9.17, 15) is 5.11 Å². The van der Waals surface area contributed by atoms with Gasteiger partial charge in [0.2, 0.25) is 0 Å². The third-order valence-electron chi connectivity index (χ3n) is 1.61. The molecule has 1 aromatic heterocycles. The summed E-state index contributed by atoms with van der Waals surface area (Å²) in [6, 6.07) is 0. The normalized spacial score (nSPS) is 15.2. The summed E-state index contributed by atoms with van der Waals surface area (Å²) < 4.78 is 1.60. The summed E-state index contributed by atoms with van der Waals surface area (Å²) in [5.74, 6) is 5.66. The number of hydrogen-bond acceptors (Lipinski definition) is 4. The lowest BCUT2D eigenvalue weighted by Gasteiger charge is -2.17. The molecule has 0 spiro atoms. The number of aromatic hydroxyl groups is 1. The minimum absolute atomic E-state index is 0.185. The molecule has 0 unspecified atom stereocenters. The molecule has 58 valence electrons. The highest BCUT2D eigenvalue weighted by Gasteiger charge is 2.12. The maximum absolute atomic E-state index is 9.21. The van der Waals surface area contributed by atoms with Crippen LogP contribution in [0.5, 0.6) is 5.75 Å². The minimum atomic E-state index is 0.185. The molecule has 1 aromatic rings. The van der Waals surface area contributed by atoms with Crippen LogP contribution in [0.4, 0.5) is 0 Å². The van der Waals surface area contributed by atoms with E-state index in [-0.39, 0.29) is 5.75 Å². The number of nitrogens with two attached hydrogens (primary N) is 1. The van der Waals surface area contributed by atoms with Crippen molar-refractivity contribution < 1.29 is 5.11 Å². The van der Waals surface area contributed by atoms with Gasteiger partial charge in [-0.2, -0.15) is 5.10 Å². The van der Waals surface area contributed by atoms with Gasteiger partial charge >= 0.3 is 0 Å². The molecule has 0 fully saturated rings. The van der Waals surface area contributed by atoms with E-state index in [4.69, 9.17) is 5.84 Å². The Bertz CT molecular complexity index is 304. The van der Waals surface area contributed by atoms with E-state index in [1.807, 2.05) is 0 Å². The van der Waals surface area contributed by atoms with Gasteiger partial charge in [0.05, 0.1) is 12.7 Å². The highest BCUT2D eigenvalue weighted by Crippen LogP contribution is 2.19. The van der Waals surface area contributed by atoms with Gasteiger partial charge in [-0.05, 0) is 0 Å². The average Bonchev–Trinajstić information content (AvgIpc) is 2.33. The summed E-state index contributed by atoms with van der Waals surface area (Å²) in [4.78, 5) is 0. The molecule has 5 heteroatoms. The SMILES string of the molecule is NN1C=Cn2ncc(O)c2C1.